The van der Waals surface area contributed by atoms with Crippen LogP contribution in [0.1, 0.15) is 5.82 Å². The highest BCUT2D eigenvalue weighted by Crippen LogP contribution is 2.45. The molecule has 6 aliphatic heterocycles. The van der Waals surface area contributed by atoms with Gasteiger partial charge < -0.3 is 28.4 Å². The molecule has 0 saturated heterocycles. The van der Waals surface area contributed by atoms with Crippen molar-refractivity contribution in [3.63, 3.8) is 0 Å². The zero-order valence-electron chi connectivity index (χ0n) is 26.6. The first kappa shape index (κ1) is 26.6. The van der Waals surface area contributed by atoms with Crippen molar-refractivity contribution in [3.8, 4) is 97.8 Å². The Morgan fingerprint density at radius 3 is 0.942 bits per heavy atom. The number of hydrogen-bond donors (Lipinski definition) is 0. The topological polar surface area (TPSA) is 118 Å². The van der Waals surface area contributed by atoms with E-state index in [0.29, 0.717) is 68.8 Å². The van der Waals surface area contributed by atoms with Gasteiger partial charge in [-0.25, -0.2) is 4.98 Å². The lowest BCUT2D eigenvalue weighted by Crippen LogP contribution is -2.59. The van der Waals surface area contributed by atoms with Gasteiger partial charge in [0.05, 0.1) is 0 Å². The van der Waals surface area contributed by atoms with Crippen molar-refractivity contribution in [2.45, 2.75) is 0 Å². The Kier molecular flexibility index (Phi) is 4.65. The Hall–Kier alpha value is -7.25. The molecule has 6 aromatic carbocycles. The van der Waals surface area contributed by atoms with Gasteiger partial charge in [0.2, 0.25) is 5.82 Å². The fraction of sp³-hybridized carbons (Fsp3) is 0. The van der Waals surface area contributed by atoms with E-state index in [-0.39, 0.29) is 19.2 Å². The van der Waals surface area contributed by atoms with Crippen molar-refractivity contribution in [2.24, 2.45) is 0 Å². The van der Waals surface area contributed by atoms with Crippen LogP contribution in [0.15, 0.2) is 97.1 Å². The molecule has 0 amide bonds. The summed E-state index contributed by atoms with van der Waals surface area (Å²) in [6, 6.07) is 33.0. The Balaban J connectivity index is 0.976. The Bertz CT molecular complexity index is 2590. The van der Waals surface area contributed by atoms with E-state index in [9.17, 15) is 5.26 Å². The zero-order chi connectivity index (χ0) is 33.8. The van der Waals surface area contributed by atoms with Crippen molar-refractivity contribution < 1.29 is 28.4 Å². The highest BCUT2D eigenvalue weighted by molar-refractivity contribution is 7.00. The molecule has 0 N–H and O–H groups in total. The van der Waals surface area contributed by atoms with E-state index < -0.39 is 0 Å². The molecule has 238 valence electrons. The van der Waals surface area contributed by atoms with Crippen LogP contribution >= 0.6 is 0 Å². The molecular formula is C40H16B2N4O6. The molecule has 0 radical (unpaired) electrons. The molecule has 10 nitrogen and oxygen atoms in total. The van der Waals surface area contributed by atoms with Gasteiger partial charge in [-0.2, -0.15) is 15.2 Å². The third-order valence-corrected chi connectivity index (χ3v) is 10.6. The van der Waals surface area contributed by atoms with Crippen LogP contribution in [0.25, 0.3) is 22.8 Å². The maximum Gasteiger partial charge on any atom is 0.270 e. The average Bonchev–Trinajstić information content (AvgIpc) is 3.17. The predicted molar refractivity (Wildman–Crippen MR) is 191 cm³/mol. The summed E-state index contributed by atoms with van der Waals surface area (Å²) in [7, 11) is 0. The summed E-state index contributed by atoms with van der Waals surface area (Å²) in [5.74, 6) is 8.94. The molecule has 52 heavy (non-hydrogen) atoms. The first-order valence-electron chi connectivity index (χ1n) is 16.8. The number of benzene rings is 6. The van der Waals surface area contributed by atoms with Gasteiger partial charge in [0.1, 0.15) is 75.1 Å². The first-order valence-corrected chi connectivity index (χ1v) is 16.8. The van der Waals surface area contributed by atoms with Gasteiger partial charge in [-0.3, -0.25) is 0 Å². The SMILES string of the molecule is N#Cc1nc(-c2cc3c4c(c2)Oc2cccc5c2B4c2c(cccc2O3)O5)nc(-c2cc3c4c(c2)Oc2cccc5c2B4c2c(cccc2O3)O5)n1. The van der Waals surface area contributed by atoms with Gasteiger partial charge in [-0.15, -0.1) is 0 Å². The molecule has 7 aromatic rings. The summed E-state index contributed by atoms with van der Waals surface area (Å²) >= 11 is 0. The first-order chi connectivity index (χ1) is 25.7. The molecule has 0 bridgehead atoms. The smallest absolute Gasteiger partial charge is 0.270 e. The van der Waals surface area contributed by atoms with Gasteiger partial charge in [-0.1, -0.05) is 24.3 Å². The molecule has 0 spiro atoms. The van der Waals surface area contributed by atoms with Crippen molar-refractivity contribution in [3.05, 3.63) is 103 Å². The van der Waals surface area contributed by atoms with Gasteiger partial charge in [0.25, 0.3) is 13.4 Å². The van der Waals surface area contributed by atoms with Crippen LogP contribution in [-0.2, 0) is 0 Å². The summed E-state index contributed by atoms with van der Waals surface area (Å²) in [4.78, 5) is 14.1. The van der Waals surface area contributed by atoms with Crippen molar-refractivity contribution in [1.82, 2.24) is 15.0 Å². The number of aromatic nitrogens is 3. The van der Waals surface area contributed by atoms with E-state index >= 15 is 0 Å². The summed E-state index contributed by atoms with van der Waals surface area (Å²) in [5, 5.41) is 10.1. The molecule has 0 fully saturated rings. The van der Waals surface area contributed by atoms with Gasteiger partial charge in [-0.05, 0) is 72.8 Å². The molecule has 6 aliphatic rings. The largest absolute Gasteiger partial charge is 0.458 e. The quantitative estimate of drug-likeness (QED) is 0.239. The maximum absolute atomic E-state index is 10.1. The van der Waals surface area contributed by atoms with Crippen LogP contribution in [0.2, 0.25) is 0 Å². The molecule has 1 aromatic heterocycles. The Labute approximate surface area is 294 Å². The monoisotopic (exact) mass is 670 g/mol. The van der Waals surface area contributed by atoms with Crippen LogP contribution in [0.5, 0.6) is 69.0 Å². The van der Waals surface area contributed by atoms with E-state index in [2.05, 4.69) is 16.0 Å². The lowest BCUT2D eigenvalue weighted by Gasteiger charge is -2.37. The molecule has 12 heteroatoms. The van der Waals surface area contributed by atoms with E-state index in [1.54, 1.807) is 0 Å². The van der Waals surface area contributed by atoms with Crippen molar-refractivity contribution in [2.75, 3.05) is 0 Å². The molecule has 0 aliphatic carbocycles. The molecule has 0 saturated carbocycles. The molecule has 7 heterocycles. The Morgan fingerprint density at radius 2 is 0.654 bits per heavy atom. The standard InChI is InChI=1S/C40H16B2N4O6/c43-17-32-44-39(18-13-28-37-29(14-18)50-25-10-2-6-21-34(25)41(37)33-20(47-21)5-1-9-24(33)49-28)46-40(45-32)19-15-30-38-31(16-19)52-27-12-4-8-23-36(27)42(38)35-22(48-23)7-3-11-26(35)51-30/h1-16H. The lowest BCUT2D eigenvalue weighted by molar-refractivity contribution is 0.442. The predicted octanol–water partition coefficient (Wildman–Crippen LogP) is 4.74. The maximum atomic E-state index is 10.1. The molecule has 0 unspecified atom stereocenters. The second-order valence-corrected chi connectivity index (χ2v) is 13.3. The molecule has 0 atom stereocenters. The summed E-state index contributed by atoms with van der Waals surface area (Å²) in [6.07, 6.45) is 0. The second-order valence-electron chi connectivity index (χ2n) is 13.3. The van der Waals surface area contributed by atoms with Crippen molar-refractivity contribution in [1.29, 1.82) is 5.26 Å². The summed E-state index contributed by atoms with van der Waals surface area (Å²) < 4.78 is 38.7. The number of ether oxygens (including phenoxy) is 6. The number of rotatable bonds is 2. The summed E-state index contributed by atoms with van der Waals surface area (Å²) in [6.45, 7) is -0.246. The number of hydrogen-bond acceptors (Lipinski definition) is 10. The van der Waals surface area contributed by atoms with Gasteiger partial charge >= 0.3 is 0 Å². The molecular weight excluding hydrogens is 654 g/mol. The summed E-state index contributed by atoms with van der Waals surface area (Å²) in [5.41, 5.74) is 6.92. The third kappa shape index (κ3) is 3.28. The highest BCUT2D eigenvalue weighted by atomic mass is 16.5. The fourth-order valence-electron chi connectivity index (χ4n) is 8.57. The highest BCUT2D eigenvalue weighted by Gasteiger charge is 2.48. The van der Waals surface area contributed by atoms with E-state index in [1.165, 1.54) is 0 Å². The van der Waals surface area contributed by atoms with Gasteiger partial charge in [0.15, 0.2) is 11.6 Å². The minimum atomic E-state index is -0.123. The normalized spacial score (nSPS) is 14.2. The minimum Gasteiger partial charge on any atom is -0.458 e. The Morgan fingerprint density at radius 1 is 0.385 bits per heavy atom. The van der Waals surface area contributed by atoms with Crippen LogP contribution in [0.4, 0.5) is 0 Å². The van der Waals surface area contributed by atoms with Crippen LogP contribution in [0.3, 0.4) is 0 Å². The van der Waals surface area contributed by atoms with Crippen LogP contribution in [0, 0.1) is 11.3 Å². The lowest BCUT2D eigenvalue weighted by atomic mass is 9.34. The average molecular weight is 670 g/mol. The molecule has 13 rings (SSSR count). The van der Waals surface area contributed by atoms with E-state index in [0.717, 1.165) is 55.8 Å². The number of nitrogens with zero attached hydrogens (tertiary/aromatic N) is 4. The van der Waals surface area contributed by atoms with Gasteiger partial charge in [0, 0.05) is 43.9 Å². The second kappa shape index (κ2) is 9.10. The fourth-order valence-corrected chi connectivity index (χ4v) is 8.57. The van der Waals surface area contributed by atoms with Crippen LogP contribution < -0.4 is 61.2 Å². The van der Waals surface area contributed by atoms with E-state index in [1.807, 2.05) is 97.1 Å². The van der Waals surface area contributed by atoms with Crippen LogP contribution in [-0.4, -0.2) is 28.4 Å². The third-order valence-electron chi connectivity index (χ3n) is 10.6. The minimum absolute atomic E-state index is 0.0368. The number of nitriles is 1. The van der Waals surface area contributed by atoms with Crippen molar-refractivity contribution >= 4 is 46.2 Å². The van der Waals surface area contributed by atoms with E-state index in [4.69, 9.17) is 33.4 Å². The zero-order valence-corrected chi connectivity index (χ0v) is 26.6.